The lowest BCUT2D eigenvalue weighted by Gasteiger charge is -2.15. The van der Waals surface area contributed by atoms with Crippen LogP contribution in [-0.2, 0) is 19.4 Å². The van der Waals surface area contributed by atoms with E-state index in [1.165, 1.54) is 0 Å². The molecule has 7 heteroatoms. The monoisotopic (exact) mass is 338 g/mol. The molecule has 1 aliphatic rings. The van der Waals surface area contributed by atoms with Crippen molar-refractivity contribution in [3.63, 3.8) is 0 Å². The number of halogens is 1. The van der Waals surface area contributed by atoms with Gasteiger partial charge in [0.05, 0.1) is 0 Å². The third kappa shape index (κ3) is 4.14. The number of hydrogen-bond acceptors (Lipinski definition) is 4. The van der Waals surface area contributed by atoms with Crippen molar-refractivity contribution < 1.29 is 9.21 Å². The predicted octanol–water partition coefficient (Wildman–Crippen LogP) is 2.13. The van der Waals surface area contributed by atoms with Gasteiger partial charge in [-0.25, -0.2) is 0 Å². The molecule has 0 radical (unpaired) electrons. The Morgan fingerprint density at radius 2 is 2.30 bits per heavy atom. The first kappa shape index (κ1) is 17.6. The fraction of sp³-hybridized carbons (Fsp3) is 0.500. The van der Waals surface area contributed by atoms with Gasteiger partial charge in [-0.05, 0) is 32.4 Å². The average molecular weight is 339 g/mol. The predicted molar refractivity (Wildman–Crippen MR) is 89.9 cm³/mol. The van der Waals surface area contributed by atoms with Crippen molar-refractivity contribution in [2.45, 2.75) is 45.7 Å². The molecule has 6 nitrogen and oxygen atoms in total. The minimum Gasteiger partial charge on any atom is -0.466 e. The Balaban J connectivity index is 0.00000192. The lowest BCUT2D eigenvalue weighted by atomic mass is 10.1. The van der Waals surface area contributed by atoms with E-state index in [-0.39, 0.29) is 24.4 Å². The van der Waals surface area contributed by atoms with E-state index in [2.05, 4.69) is 20.8 Å². The summed E-state index contributed by atoms with van der Waals surface area (Å²) in [6.45, 7) is 5.57. The third-order valence-corrected chi connectivity index (χ3v) is 4.02. The first-order valence-corrected chi connectivity index (χ1v) is 7.76. The zero-order valence-corrected chi connectivity index (χ0v) is 14.3. The zero-order chi connectivity index (χ0) is 15.5. The fourth-order valence-electron chi connectivity index (χ4n) is 2.76. The second-order valence-corrected chi connectivity index (χ2v) is 5.88. The van der Waals surface area contributed by atoms with E-state index in [4.69, 9.17) is 4.42 Å². The Kier molecular flexibility index (Phi) is 5.85. The van der Waals surface area contributed by atoms with Gasteiger partial charge in [-0.1, -0.05) is 0 Å². The number of amides is 1. The number of rotatable bonds is 5. The van der Waals surface area contributed by atoms with Gasteiger partial charge in [0.1, 0.15) is 11.5 Å². The van der Waals surface area contributed by atoms with E-state index in [9.17, 15) is 4.79 Å². The lowest BCUT2D eigenvalue weighted by Crippen LogP contribution is -2.34. The molecule has 1 atom stereocenters. The van der Waals surface area contributed by atoms with Crippen LogP contribution in [0.1, 0.15) is 46.6 Å². The molecule has 2 aromatic heterocycles. The number of nitrogens with one attached hydrogen (secondary N) is 3. The highest BCUT2D eigenvalue weighted by Crippen LogP contribution is 2.16. The number of hydrogen-bond donors (Lipinski definition) is 3. The molecule has 1 amide bonds. The summed E-state index contributed by atoms with van der Waals surface area (Å²) in [5.41, 5.74) is 2.59. The van der Waals surface area contributed by atoms with Gasteiger partial charge in [0.2, 0.25) is 0 Å². The van der Waals surface area contributed by atoms with Crippen LogP contribution in [0.25, 0.3) is 0 Å². The van der Waals surface area contributed by atoms with E-state index < -0.39 is 0 Å². The van der Waals surface area contributed by atoms with Crippen molar-refractivity contribution >= 4 is 18.3 Å². The maximum absolute atomic E-state index is 12.4. The molecule has 126 valence electrons. The second-order valence-electron chi connectivity index (χ2n) is 5.88. The molecule has 0 fully saturated rings. The van der Waals surface area contributed by atoms with E-state index in [1.54, 1.807) is 0 Å². The summed E-state index contributed by atoms with van der Waals surface area (Å²) in [5, 5.41) is 13.4. The van der Waals surface area contributed by atoms with Gasteiger partial charge in [-0.3, -0.25) is 9.89 Å². The molecule has 0 aliphatic carbocycles. The number of fused-ring (bicyclic) bond motifs is 1. The van der Waals surface area contributed by atoms with E-state index in [0.29, 0.717) is 12.2 Å². The molecule has 1 unspecified atom stereocenters. The molecule has 23 heavy (non-hydrogen) atoms. The van der Waals surface area contributed by atoms with Crippen molar-refractivity contribution in [2.24, 2.45) is 0 Å². The number of aromatic amines is 1. The Bertz CT molecular complexity index is 665. The minimum absolute atomic E-state index is 0. The maximum atomic E-state index is 12.4. The number of furan rings is 1. The van der Waals surface area contributed by atoms with Gasteiger partial charge in [0, 0.05) is 43.2 Å². The second kappa shape index (κ2) is 7.66. The molecule has 3 heterocycles. The van der Waals surface area contributed by atoms with E-state index in [1.807, 2.05) is 26.0 Å². The Morgan fingerprint density at radius 3 is 3.04 bits per heavy atom. The topological polar surface area (TPSA) is 83.0 Å². The number of H-pyrrole nitrogens is 1. The number of nitrogens with zero attached hydrogens (tertiary/aromatic N) is 1. The maximum Gasteiger partial charge on any atom is 0.272 e. The Labute approximate surface area is 141 Å². The number of carbonyl (C=O) groups is 1. The van der Waals surface area contributed by atoms with Crippen molar-refractivity contribution in [3.8, 4) is 0 Å². The van der Waals surface area contributed by atoms with Crippen LogP contribution in [0, 0.1) is 6.92 Å². The normalized spacial score (nSPS) is 14.7. The molecular weight excluding hydrogens is 316 g/mol. The summed E-state index contributed by atoms with van der Waals surface area (Å²) in [4.78, 5) is 12.4. The SMILES string of the molecule is Cc1ccc(CCC(C)NC(=O)c2n[nH]c3c2CNCC3)o1.Cl. The highest BCUT2D eigenvalue weighted by atomic mass is 35.5. The fourth-order valence-corrected chi connectivity index (χ4v) is 2.76. The van der Waals surface area contributed by atoms with Crippen LogP contribution >= 0.6 is 12.4 Å². The van der Waals surface area contributed by atoms with Crippen molar-refractivity contribution in [1.82, 2.24) is 20.8 Å². The smallest absolute Gasteiger partial charge is 0.272 e. The van der Waals surface area contributed by atoms with Gasteiger partial charge in [0.15, 0.2) is 5.69 Å². The van der Waals surface area contributed by atoms with Crippen LogP contribution in [0.3, 0.4) is 0 Å². The van der Waals surface area contributed by atoms with E-state index >= 15 is 0 Å². The molecule has 0 saturated heterocycles. The minimum atomic E-state index is -0.107. The lowest BCUT2D eigenvalue weighted by molar-refractivity contribution is 0.0932. The van der Waals surface area contributed by atoms with Crippen LogP contribution in [-0.4, -0.2) is 28.7 Å². The standard InChI is InChI=1S/C16H22N4O2.ClH/c1-10(3-5-12-6-4-11(2)22-12)18-16(21)15-13-9-17-8-7-14(13)19-20-15;/h4,6,10,17H,3,5,7-9H2,1-2H3,(H,18,21)(H,19,20);1H. The summed E-state index contributed by atoms with van der Waals surface area (Å²) in [5.74, 6) is 1.77. The summed E-state index contributed by atoms with van der Waals surface area (Å²) in [6.07, 6.45) is 2.54. The number of aryl methyl sites for hydroxylation is 2. The molecule has 0 aromatic carbocycles. The van der Waals surface area contributed by atoms with Crippen LogP contribution in [0.2, 0.25) is 0 Å². The van der Waals surface area contributed by atoms with E-state index in [0.717, 1.165) is 48.6 Å². The number of carbonyl (C=O) groups excluding carboxylic acids is 1. The van der Waals surface area contributed by atoms with Crippen LogP contribution in [0.4, 0.5) is 0 Å². The molecule has 3 N–H and O–H groups in total. The quantitative estimate of drug-likeness (QED) is 0.780. The van der Waals surface area contributed by atoms with Gasteiger partial charge in [-0.15, -0.1) is 12.4 Å². The summed E-state index contributed by atoms with van der Waals surface area (Å²) < 4.78 is 5.55. The van der Waals surface area contributed by atoms with Gasteiger partial charge in [0.25, 0.3) is 5.91 Å². The number of aromatic nitrogens is 2. The van der Waals surface area contributed by atoms with Crippen molar-refractivity contribution in [3.05, 3.63) is 40.6 Å². The van der Waals surface area contributed by atoms with Crippen LogP contribution in [0.15, 0.2) is 16.5 Å². The highest BCUT2D eigenvalue weighted by molar-refractivity contribution is 5.94. The van der Waals surface area contributed by atoms with Gasteiger partial charge < -0.3 is 15.1 Å². The summed E-state index contributed by atoms with van der Waals surface area (Å²) in [6, 6.07) is 4.02. The molecular formula is C16H23ClN4O2. The molecule has 0 spiro atoms. The molecule has 2 aromatic rings. The van der Waals surface area contributed by atoms with Crippen molar-refractivity contribution in [2.75, 3.05) is 6.54 Å². The van der Waals surface area contributed by atoms with Crippen LogP contribution < -0.4 is 10.6 Å². The summed E-state index contributed by atoms with van der Waals surface area (Å²) >= 11 is 0. The van der Waals surface area contributed by atoms with Gasteiger partial charge >= 0.3 is 0 Å². The highest BCUT2D eigenvalue weighted by Gasteiger charge is 2.22. The zero-order valence-electron chi connectivity index (χ0n) is 13.4. The average Bonchev–Trinajstić information content (AvgIpc) is 3.11. The molecule has 1 aliphatic heterocycles. The van der Waals surface area contributed by atoms with Crippen molar-refractivity contribution in [1.29, 1.82) is 0 Å². The Hall–Kier alpha value is -1.79. The first-order chi connectivity index (χ1) is 10.6. The van der Waals surface area contributed by atoms with Crippen LogP contribution in [0.5, 0.6) is 0 Å². The molecule has 0 bridgehead atoms. The Morgan fingerprint density at radius 1 is 1.48 bits per heavy atom. The molecule has 3 rings (SSSR count). The first-order valence-electron chi connectivity index (χ1n) is 7.76. The van der Waals surface area contributed by atoms with Gasteiger partial charge in [-0.2, -0.15) is 5.10 Å². The summed E-state index contributed by atoms with van der Waals surface area (Å²) in [7, 11) is 0. The largest absolute Gasteiger partial charge is 0.466 e. The molecule has 0 saturated carbocycles. The third-order valence-electron chi connectivity index (χ3n) is 4.02.